The summed E-state index contributed by atoms with van der Waals surface area (Å²) in [6.07, 6.45) is 5.01. The standard InChI is InChI=1S/C31H38N4O5/c1-19-14-32-28-25(19)13-22(15-33-28)21-11-23-16-34(29(36)20-6-9-38-17-20)7-5-24(23)26(12-21)27-18-39-10-8-35(27)30(37)40-31(2,3)4/h11-15,20,27H,5-10,16-18H2,1-4H3,(H,32,33). The molecule has 3 aliphatic rings. The maximum Gasteiger partial charge on any atom is 0.410 e. The first-order chi connectivity index (χ1) is 19.2. The smallest absolute Gasteiger partial charge is 0.410 e. The topological polar surface area (TPSA) is 97.0 Å². The number of carbonyl (C=O) groups excluding carboxylic acids is 2. The van der Waals surface area contributed by atoms with E-state index in [0.717, 1.165) is 51.7 Å². The van der Waals surface area contributed by atoms with Crippen molar-refractivity contribution in [2.45, 2.75) is 58.7 Å². The van der Waals surface area contributed by atoms with Gasteiger partial charge in [-0.15, -0.1) is 0 Å². The highest BCUT2D eigenvalue weighted by Gasteiger charge is 2.36. The predicted octanol–water partition coefficient (Wildman–Crippen LogP) is 4.77. The van der Waals surface area contributed by atoms with Crippen molar-refractivity contribution in [2.75, 3.05) is 39.5 Å². The normalized spacial score (nSPS) is 21.5. The minimum atomic E-state index is -0.596. The molecule has 2 saturated heterocycles. The Hall–Kier alpha value is -3.43. The third-order valence-electron chi connectivity index (χ3n) is 8.15. The van der Waals surface area contributed by atoms with Gasteiger partial charge < -0.3 is 24.1 Å². The van der Waals surface area contributed by atoms with Crippen LogP contribution >= 0.6 is 0 Å². The Bertz CT molecular complexity index is 1440. The summed E-state index contributed by atoms with van der Waals surface area (Å²) < 4.78 is 17.2. The van der Waals surface area contributed by atoms with E-state index in [1.807, 2.05) is 38.1 Å². The lowest BCUT2D eigenvalue weighted by atomic mass is 9.86. The fraction of sp³-hybridized carbons (Fsp3) is 0.516. The monoisotopic (exact) mass is 546 g/mol. The molecular formula is C31H38N4O5. The lowest BCUT2D eigenvalue weighted by Crippen LogP contribution is -2.46. The maximum absolute atomic E-state index is 13.3. The van der Waals surface area contributed by atoms with Crippen LogP contribution in [0.15, 0.2) is 30.6 Å². The van der Waals surface area contributed by atoms with Crippen molar-refractivity contribution in [2.24, 2.45) is 5.92 Å². The zero-order chi connectivity index (χ0) is 28.0. The molecule has 40 heavy (non-hydrogen) atoms. The molecule has 0 bridgehead atoms. The molecule has 212 valence electrons. The number of amides is 2. The van der Waals surface area contributed by atoms with Crippen LogP contribution in [0.25, 0.3) is 22.2 Å². The molecule has 5 heterocycles. The van der Waals surface area contributed by atoms with Crippen LogP contribution in [0.4, 0.5) is 4.79 Å². The van der Waals surface area contributed by atoms with E-state index in [-0.39, 0.29) is 24.0 Å². The Labute approximate surface area is 234 Å². The lowest BCUT2D eigenvalue weighted by Gasteiger charge is -2.39. The molecule has 0 radical (unpaired) electrons. The minimum absolute atomic E-state index is 0.0678. The van der Waals surface area contributed by atoms with Gasteiger partial charge in [-0.25, -0.2) is 9.78 Å². The third kappa shape index (κ3) is 5.20. The lowest BCUT2D eigenvalue weighted by molar-refractivity contribution is -0.136. The third-order valence-corrected chi connectivity index (χ3v) is 8.15. The van der Waals surface area contributed by atoms with E-state index >= 15 is 0 Å². The first-order valence-corrected chi connectivity index (χ1v) is 14.2. The Kier molecular flexibility index (Phi) is 7.04. The molecule has 2 atom stereocenters. The summed E-state index contributed by atoms with van der Waals surface area (Å²) in [5.41, 5.74) is 6.74. The number of nitrogens with one attached hydrogen (secondary N) is 1. The van der Waals surface area contributed by atoms with E-state index in [1.54, 1.807) is 4.90 Å². The molecule has 9 heteroatoms. The molecular weight excluding hydrogens is 508 g/mol. The molecule has 2 fully saturated rings. The Morgan fingerprint density at radius 3 is 2.67 bits per heavy atom. The highest BCUT2D eigenvalue weighted by molar-refractivity contribution is 5.85. The number of ether oxygens (including phenoxy) is 3. The molecule has 1 N–H and O–H groups in total. The first kappa shape index (κ1) is 26.8. The summed E-state index contributed by atoms with van der Waals surface area (Å²) >= 11 is 0. The second-order valence-electron chi connectivity index (χ2n) is 12.1. The quantitative estimate of drug-likeness (QED) is 0.509. The molecule has 0 saturated carbocycles. The number of aromatic amines is 1. The van der Waals surface area contributed by atoms with Gasteiger partial charge in [0.05, 0.1) is 31.8 Å². The van der Waals surface area contributed by atoms with Crippen molar-refractivity contribution in [3.63, 3.8) is 0 Å². The zero-order valence-corrected chi connectivity index (χ0v) is 23.8. The molecule has 1 aromatic carbocycles. The molecule has 6 rings (SSSR count). The van der Waals surface area contributed by atoms with Crippen LogP contribution in [-0.2, 0) is 32.0 Å². The Morgan fingerprint density at radius 1 is 1.07 bits per heavy atom. The Morgan fingerprint density at radius 2 is 1.90 bits per heavy atom. The average molecular weight is 547 g/mol. The number of carbonyl (C=O) groups is 2. The molecule has 0 aliphatic carbocycles. The summed E-state index contributed by atoms with van der Waals surface area (Å²) in [5.74, 6) is 0.0966. The van der Waals surface area contributed by atoms with Gasteiger partial charge in [0.1, 0.15) is 11.2 Å². The maximum atomic E-state index is 13.3. The van der Waals surface area contributed by atoms with E-state index < -0.39 is 5.60 Å². The van der Waals surface area contributed by atoms with Crippen LogP contribution in [0.3, 0.4) is 0 Å². The molecule has 3 aromatic rings. The van der Waals surface area contributed by atoms with Crippen molar-refractivity contribution >= 4 is 23.0 Å². The highest BCUT2D eigenvalue weighted by Crippen LogP contribution is 2.37. The number of aromatic nitrogens is 2. The van der Waals surface area contributed by atoms with Gasteiger partial charge in [-0.05, 0) is 86.6 Å². The van der Waals surface area contributed by atoms with Crippen molar-refractivity contribution < 1.29 is 23.8 Å². The van der Waals surface area contributed by atoms with Crippen LogP contribution in [0.1, 0.15) is 55.5 Å². The van der Waals surface area contributed by atoms with Crippen LogP contribution in [0.5, 0.6) is 0 Å². The molecule has 2 unspecified atom stereocenters. The minimum Gasteiger partial charge on any atom is -0.444 e. The average Bonchev–Trinajstić information content (AvgIpc) is 3.61. The number of aryl methyl sites for hydroxylation is 1. The number of nitrogens with zero attached hydrogens (tertiary/aromatic N) is 3. The van der Waals surface area contributed by atoms with Gasteiger partial charge in [-0.2, -0.15) is 0 Å². The summed E-state index contributed by atoms with van der Waals surface area (Å²) in [6, 6.07) is 6.25. The number of H-pyrrole nitrogens is 1. The van der Waals surface area contributed by atoms with E-state index in [9.17, 15) is 9.59 Å². The first-order valence-electron chi connectivity index (χ1n) is 14.2. The largest absolute Gasteiger partial charge is 0.444 e. The van der Waals surface area contributed by atoms with Crippen molar-refractivity contribution in [1.82, 2.24) is 19.8 Å². The van der Waals surface area contributed by atoms with Gasteiger partial charge in [0.15, 0.2) is 0 Å². The predicted molar refractivity (Wildman–Crippen MR) is 151 cm³/mol. The van der Waals surface area contributed by atoms with E-state index in [1.165, 1.54) is 5.56 Å². The van der Waals surface area contributed by atoms with Gasteiger partial charge >= 0.3 is 6.09 Å². The summed E-state index contributed by atoms with van der Waals surface area (Å²) in [6.45, 7) is 11.4. The molecule has 2 aromatic heterocycles. The SMILES string of the molecule is Cc1c[nH]c2ncc(-c3cc4c(c(C5COCCN5C(=O)OC(C)(C)C)c3)CCN(C(=O)C3CCOC3)C4)cc12. The summed E-state index contributed by atoms with van der Waals surface area (Å²) in [7, 11) is 0. The highest BCUT2D eigenvalue weighted by atomic mass is 16.6. The number of morpholine rings is 1. The molecule has 2 amide bonds. The van der Waals surface area contributed by atoms with E-state index in [0.29, 0.717) is 46.1 Å². The number of fused-ring (bicyclic) bond motifs is 2. The van der Waals surface area contributed by atoms with Crippen molar-refractivity contribution in [1.29, 1.82) is 0 Å². The van der Waals surface area contributed by atoms with E-state index in [2.05, 4.69) is 35.1 Å². The van der Waals surface area contributed by atoms with Crippen LogP contribution in [-0.4, -0.2) is 76.9 Å². The van der Waals surface area contributed by atoms with Gasteiger partial charge in [0.25, 0.3) is 0 Å². The van der Waals surface area contributed by atoms with Crippen molar-refractivity contribution in [3.05, 3.63) is 52.8 Å². The van der Waals surface area contributed by atoms with Crippen LogP contribution in [0, 0.1) is 12.8 Å². The summed E-state index contributed by atoms with van der Waals surface area (Å²) in [4.78, 5) is 38.3. The van der Waals surface area contributed by atoms with Crippen LogP contribution < -0.4 is 0 Å². The molecule has 9 nitrogen and oxygen atoms in total. The summed E-state index contributed by atoms with van der Waals surface area (Å²) in [5, 5.41) is 1.08. The van der Waals surface area contributed by atoms with E-state index in [4.69, 9.17) is 14.2 Å². The van der Waals surface area contributed by atoms with Gasteiger partial charge in [-0.1, -0.05) is 0 Å². The number of hydrogen-bond acceptors (Lipinski definition) is 6. The molecule has 3 aliphatic heterocycles. The number of rotatable bonds is 3. The van der Waals surface area contributed by atoms with Gasteiger partial charge in [0, 0.05) is 49.6 Å². The van der Waals surface area contributed by atoms with Crippen molar-refractivity contribution in [3.8, 4) is 11.1 Å². The number of benzene rings is 1. The second kappa shape index (κ2) is 10.5. The van der Waals surface area contributed by atoms with Gasteiger partial charge in [0.2, 0.25) is 5.91 Å². The fourth-order valence-corrected chi connectivity index (χ4v) is 6.07. The Balaban J connectivity index is 1.42. The van der Waals surface area contributed by atoms with Crippen LogP contribution in [0.2, 0.25) is 0 Å². The molecule has 0 spiro atoms. The zero-order valence-electron chi connectivity index (χ0n) is 23.8. The second-order valence-corrected chi connectivity index (χ2v) is 12.1. The fourth-order valence-electron chi connectivity index (χ4n) is 6.07. The number of hydrogen-bond donors (Lipinski definition) is 1. The van der Waals surface area contributed by atoms with Gasteiger partial charge in [-0.3, -0.25) is 9.69 Å². The number of pyridine rings is 1.